The summed E-state index contributed by atoms with van der Waals surface area (Å²) in [7, 11) is 0. The van der Waals surface area contributed by atoms with Crippen LogP contribution in [0.1, 0.15) is 66.9 Å². The molecule has 1 aromatic carbocycles. The first-order valence-corrected chi connectivity index (χ1v) is 8.86. The maximum Gasteiger partial charge on any atom is 0.227 e. The summed E-state index contributed by atoms with van der Waals surface area (Å²) in [6, 6.07) is 9.88. The van der Waals surface area contributed by atoms with E-state index in [9.17, 15) is 0 Å². The van der Waals surface area contributed by atoms with E-state index in [1.807, 2.05) is 32.9 Å². The molecule has 0 aliphatic heterocycles. The van der Waals surface area contributed by atoms with E-state index in [0.29, 0.717) is 33.3 Å². The highest BCUT2D eigenvalue weighted by Gasteiger charge is 2.20. The van der Waals surface area contributed by atoms with Gasteiger partial charge in [0.1, 0.15) is 5.58 Å². The average molecular weight is 366 g/mol. The van der Waals surface area contributed by atoms with E-state index in [-0.39, 0.29) is 16.5 Å². The van der Waals surface area contributed by atoms with Crippen molar-refractivity contribution < 1.29 is 14.0 Å². The summed E-state index contributed by atoms with van der Waals surface area (Å²) in [6.45, 7) is 2.50. The van der Waals surface area contributed by atoms with Gasteiger partial charge in [-0.25, -0.2) is 4.98 Å². The Labute approximate surface area is 170 Å². The minimum absolute atomic E-state index is 0.138. The number of hydrogen-bond donors (Lipinski definition) is 0. The van der Waals surface area contributed by atoms with Gasteiger partial charge in [0.25, 0.3) is 0 Å². The third-order valence-electron chi connectivity index (χ3n) is 4.72. The number of hydrogen-bond acceptors (Lipinski definition) is 3. The number of benzene rings is 1. The quantitative estimate of drug-likeness (QED) is 0.393. The summed E-state index contributed by atoms with van der Waals surface area (Å²) < 4.78 is 62.0. The van der Waals surface area contributed by atoms with E-state index in [1.165, 1.54) is 25.3 Å². The molecule has 0 aliphatic rings. The van der Waals surface area contributed by atoms with E-state index in [4.69, 9.17) is 14.0 Å². The molecule has 0 amide bonds. The van der Waals surface area contributed by atoms with E-state index in [2.05, 4.69) is 9.97 Å². The van der Waals surface area contributed by atoms with Crippen LogP contribution in [0.15, 0.2) is 47.0 Å². The molecule has 0 bridgehead atoms. The molecule has 0 saturated heterocycles. The number of aryl methyl sites for hydroxylation is 1. The van der Waals surface area contributed by atoms with Gasteiger partial charge in [0, 0.05) is 43.2 Å². The van der Waals surface area contributed by atoms with E-state index >= 15 is 0 Å². The molecular weight excluding hydrogens is 332 g/mol. The van der Waals surface area contributed by atoms with Crippen LogP contribution >= 0.6 is 0 Å². The van der Waals surface area contributed by atoms with E-state index in [0.717, 1.165) is 5.69 Å². The molecule has 27 heavy (non-hydrogen) atoms. The molecule has 1 unspecified atom stereocenters. The molecule has 3 heterocycles. The lowest BCUT2D eigenvalue weighted by atomic mass is 9.91. The van der Waals surface area contributed by atoms with Gasteiger partial charge in [-0.2, -0.15) is 0 Å². The molecule has 0 fully saturated rings. The Hall–Kier alpha value is -2.68. The van der Waals surface area contributed by atoms with Crippen LogP contribution in [-0.4, -0.2) is 9.97 Å². The van der Waals surface area contributed by atoms with Crippen molar-refractivity contribution in [3.8, 4) is 11.3 Å². The summed E-state index contributed by atoms with van der Waals surface area (Å²) in [6.07, 6.45) is 1.45. The molecule has 0 radical (unpaired) electrons. The van der Waals surface area contributed by atoms with Gasteiger partial charge < -0.3 is 4.42 Å². The van der Waals surface area contributed by atoms with Gasteiger partial charge in [-0.1, -0.05) is 40.6 Å². The van der Waals surface area contributed by atoms with Gasteiger partial charge in [-0.3, -0.25) is 4.98 Å². The molecule has 0 saturated carbocycles. The monoisotopic (exact) mass is 365 g/mol. The molecule has 0 aliphatic carbocycles. The standard InChI is InChI=1S/C24H26N2O/c1-14(2)16-11-12-25-19(13-16)17-8-7-15(3)21-18-9-10-20(24(4,5)6)26-23(18)27-22(17)21/h7-14H,1-6H3/i1D3,3D3,14D. The number of rotatable bonds is 2. The summed E-state index contributed by atoms with van der Waals surface area (Å²) in [5.41, 5.74) is 2.51. The lowest BCUT2D eigenvalue weighted by Crippen LogP contribution is -2.12. The van der Waals surface area contributed by atoms with Crippen LogP contribution < -0.4 is 0 Å². The summed E-state index contributed by atoms with van der Waals surface area (Å²) in [5, 5.41) is 1.01. The predicted octanol–water partition coefficient (Wildman–Crippen LogP) is 6.77. The van der Waals surface area contributed by atoms with Crippen molar-refractivity contribution >= 4 is 22.1 Å². The zero-order chi connectivity index (χ0) is 25.3. The SMILES string of the molecule is [2H]C([2H])([2H])c1ccc(-c2cc(C([2H])(C)C([2H])([2H])[2H])ccn2)c2oc3nc(C(C)(C)C)ccc3c12. The second kappa shape index (κ2) is 6.19. The van der Waals surface area contributed by atoms with Crippen LogP contribution in [0.25, 0.3) is 33.3 Å². The second-order valence-electron chi connectivity index (χ2n) is 7.82. The van der Waals surface area contributed by atoms with Crippen LogP contribution in [0.5, 0.6) is 0 Å². The number of fused-ring (bicyclic) bond motifs is 3. The maximum absolute atomic E-state index is 8.43. The Morgan fingerprint density at radius 1 is 1.15 bits per heavy atom. The minimum atomic E-state index is -2.54. The molecule has 0 spiro atoms. The van der Waals surface area contributed by atoms with Crippen LogP contribution in [0.3, 0.4) is 0 Å². The number of furan rings is 1. The Bertz CT molecular complexity index is 1390. The van der Waals surface area contributed by atoms with Crippen molar-refractivity contribution in [2.75, 3.05) is 0 Å². The Morgan fingerprint density at radius 3 is 2.74 bits per heavy atom. The van der Waals surface area contributed by atoms with Crippen molar-refractivity contribution in [2.45, 2.75) is 52.7 Å². The van der Waals surface area contributed by atoms with Crippen LogP contribution in [-0.2, 0) is 5.41 Å². The zero-order valence-corrected chi connectivity index (χ0v) is 15.8. The molecule has 138 valence electrons. The van der Waals surface area contributed by atoms with Gasteiger partial charge >= 0.3 is 0 Å². The van der Waals surface area contributed by atoms with E-state index in [1.54, 1.807) is 12.1 Å². The largest absolute Gasteiger partial charge is 0.437 e. The number of pyridine rings is 2. The predicted molar refractivity (Wildman–Crippen MR) is 112 cm³/mol. The summed E-state index contributed by atoms with van der Waals surface area (Å²) in [4.78, 5) is 9.04. The minimum Gasteiger partial charge on any atom is -0.437 e. The first-order valence-electron chi connectivity index (χ1n) is 12.4. The first-order chi connectivity index (χ1) is 15.5. The average Bonchev–Trinajstić information content (AvgIpc) is 3.09. The molecule has 0 N–H and O–H groups in total. The third-order valence-corrected chi connectivity index (χ3v) is 4.72. The highest BCUT2D eigenvalue weighted by Crippen LogP contribution is 2.38. The molecular formula is C24H26N2O. The van der Waals surface area contributed by atoms with Gasteiger partial charge in [-0.15, -0.1) is 0 Å². The lowest BCUT2D eigenvalue weighted by molar-refractivity contribution is 0.562. The van der Waals surface area contributed by atoms with Crippen molar-refractivity contribution in [1.82, 2.24) is 9.97 Å². The van der Waals surface area contributed by atoms with Crippen LogP contribution in [0, 0.1) is 6.85 Å². The first kappa shape index (κ1) is 11.2. The van der Waals surface area contributed by atoms with Gasteiger partial charge in [0.15, 0.2) is 0 Å². The Morgan fingerprint density at radius 2 is 2.00 bits per heavy atom. The molecule has 3 heteroatoms. The normalized spacial score (nSPS) is 19.3. The van der Waals surface area contributed by atoms with Crippen molar-refractivity contribution in [2.24, 2.45) is 0 Å². The fourth-order valence-corrected chi connectivity index (χ4v) is 3.19. The maximum atomic E-state index is 8.43. The van der Waals surface area contributed by atoms with Crippen molar-refractivity contribution in [3.05, 3.63) is 59.4 Å². The van der Waals surface area contributed by atoms with Gasteiger partial charge in [0.05, 0.1) is 5.69 Å². The highest BCUT2D eigenvalue weighted by molar-refractivity contribution is 6.10. The van der Waals surface area contributed by atoms with Crippen LogP contribution in [0.4, 0.5) is 0 Å². The number of aromatic nitrogens is 2. The Balaban J connectivity index is 2.03. The van der Waals surface area contributed by atoms with Gasteiger partial charge in [-0.05, 0) is 54.2 Å². The number of nitrogens with zero attached hydrogens (tertiary/aromatic N) is 2. The van der Waals surface area contributed by atoms with Crippen LogP contribution in [0.2, 0.25) is 0 Å². The van der Waals surface area contributed by atoms with Crippen molar-refractivity contribution in [3.63, 3.8) is 0 Å². The summed E-state index contributed by atoms with van der Waals surface area (Å²) >= 11 is 0. The molecule has 3 aromatic heterocycles. The second-order valence-corrected chi connectivity index (χ2v) is 7.82. The fourth-order valence-electron chi connectivity index (χ4n) is 3.19. The topological polar surface area (TPSA) is 38.9 Å². The lowest BCUT2D eigenvalue weighted by Gasteiger charge is -2.16. The molecule has 4 rings (SSSR count). The van der Waals surface area contributed by atoms with E-state index < -0.39 is 19.6 Å². The van der Waals surface area contributed by atoms with Gasteiger partial charge in [0.2, 0.25) is 5.71 Å². The molecule has 1 atom stereocenters. The Kier molecular flexibility index (Phi) is 2.57. The molecule has 4 aromatic rings. The smallest absolute Gasteiger partial charge is 0.227 e. The highest BCUT2D eigenvalue weighted by atomic mass is 16.3. The third kappa shape index (κ3) is 3.01. The van der Waals surface area contributed by atoms with Crippen molar-refractivity contribution in [1.29, 1.82) is 0 Å². The molecule has 3 nitrogen and oxygen atoms in total. The fraction of sp³-hybridized carbons (Fsp3) is 0.333. The zero-order valence-electron chi connectivity index (χ0n) is 22.8. The summed E-state index contributed by atoms with van der Waals surface area (Å²) in [5.74, 6) is -1.85.